The van der Waals surface area contributed by atoms with Gasteiger partial charge in [-0.2, -0.15) is 0 Å². The predicted octanol–water partition coefficient (Wildman–Crippen LogP) is 7.06. The number of likely N-dealkylation sites (tertiary alicyclic amines) is 1. The molecule has 0 atom stereocenters. The van der Waals surface area contributed by atoms with Crippen LogP contribution in [0.2, 0.25) is 20.1 Å². The quantitative estimate of drug-likeness (QED) is 0.360. The topological polar surface area (TPSA) is 16.1 Å². The normalized spacial score (nSPS) is 16.0. The summed E-state index contributed by atoms with van der Waals surface area (Å²) in [4.78, 5) is 7.57. The van der Waals surface area contributed by atoms with Crippen LogP contribution >= 0.6 is 11.6 Å². The minimum absolute atomic E-state index is 0.603. The number of hydrogen-bond donors (Lipinski definition) is 0. The molecule has 0 N–H and O–H groups in total. The van der Waals surface area contributed by atoms with Crippen LogP contribution in [0.15, 0.2) is 54.6 Å². The molecule has 1 aromatic heterocycles. The van der Waals surface area contributed by atoms with Gasteiger partial charge in [0.15, 0.2) is 0 Å². The van der Waals surface area contributed by atoms with Crippen LogP contribution in [0.1, 0.15) is 32.3 Å². The maximum absolute atomic E-state index is 6.29. The van der Waals surface area contributed by atoms with Crippen LogP contribution in [-0.2, 0) is 6.54 Å². The number of piperidine rings is 1. The van der Waals surface area contributed by atoms with Crippen molar-refractivity contribution >= 4 is 37.2 Å². The Bertz CT molecular complexity index is 948. The van der Waals surface area contributed by atoms with Crippen molar-refractivity contribution in [2.75, 3.05) is 13.1 Å². The Morgan fingerprint density at radius 3 is 2.41 bits per heavy atom. The van der Waals surface area contributed by atoms with Gasteiger partial charge in [0, 0.05) is 0 Å². The minimum atomic E-state index is -0.603. The molecule has 3 aromatic rings. The number of fused-ring (bicyclic) bond motifs is 1. The molecular weight excluding hydrogens is 439 g/mol. The Morgan fingerprint density at radius 1 is 1.00 bits per heavy atom. The van der Waals surface area contributed by atoms with Crippen LogP contribution in [0.25, 0.3) is 22.2 Å². The number of pyridine rings is 1. The van der Waals surface area contributed by atoms with Crippen molar-refractivity contribution in [1.82, 2.24) is 9.88 Å². The molecule has 4 rings (SSSR count). The van der Waals surface area contributed by atoms with E-state index >= 15 is 0 Å². The zero-order valence-electron chi connectivity index (χ0n) is 17.4. The Kier molecular flexibility index (Phi) is 6.95. The summed E-state index contributed by atoms with van der Waals surface area (Å²) in [6.07, 6.45) is 2.78. The Labute approximate surface area is 184 Å². The molecule has 152 valence electrons. The van der Waals surface area contributed by atoms with Crippen LogP contribution in [0.3, 0.4) is 0 Å². The average Bonchev–Trinajstić information content (AvgIpc) is 2.76. The third kappa shape index (κ3) is 4.88. The van der Waals surface area contributed by atoms with Crippen molar-refractivity contribution in [3.63, 3.8) is 0 Å². The molecule has 0 amide bonds. The van der Waals surface area contributed by atoms with Gasteiger partial charge in [-0.1, -0.05) is 0 Å². The van der Waals surface area contributed by atoms with Gasteiger partial charge in [0.25, 0.3) is 0 Å². The molecule has 0 unspecified atom stereocenters. The second-order valence-electron chi connectivity index (χ2n) is 7.92. The van der Waals surface area contributed by atoms with Gasteiger partial charge in [-0.05, 0) is 0 Å². The fourth-order valence-electron chi connectivity index (χ4n) is 4.58. The number of hydrogen-bond acceptors (Lipinski definition) is 2. The maximum atomic E-state index is 6.29. The van der Waals surface area contributed by atoms with E-state index < -0.39 is 14.7 Å². The van der Waals surface area contributed by atoms with Crippen LogP contribution < -0.4 is 0 Å². The van der Waals surface area contributed by atoms with E-state index in [0.717, 1.165) is 33.0 Å². The summed E-state index contributed by atoms with van der Waals surface area (Å²) in [6.45, 7) is 8.28. The van der Waals surface area contributed by atoms with Gasteiger partial charge < -0.3 is 0 Å². The summed E-state index contributed by atoms with van der Waals surface area (Å²) in [5.41, 5.74) is 4.56. The molecule has 0 saturated carbocycles. The molecule has 0 spiro atoms. The summed E-state index contributed by atoms with van der Waals surface area (Å²) in [7, 11) is 0. The molecule has 0 bridgehead atoms. The molecule has 1 aliphatic heterocycles. The molecule has 2 heterocycles. The Balaban J connectivity index is 1.60. The second-order valence-corrected chi connectivity index (χ2v) is 15.0. The molecule has 29 heavy (non-hydrogen) atoms. The van der Waals surface area contributed by atoms with Crippen LogP contribution in [-0.4, -0.2) is 37.6 Å². The molecule has 0 aliphatic carbocycles. The Hall–Kier alpha value is -1.34. The van der Waals surface area contributed by atoms with Gasteiger partial charge in [0.1, 0.15) is 0 Å². The SMILES string of the molecule is CC[As](CC)C1CCN(Cc2cc(-c3ccccc3)nc3cc(Cl)ccc23)CC1. The van der Waals surface area contributed by atoms with Crippen molar-refractivity contribution in [3.05, 3.63) is 65.2 Å². The van der Waals surface area contributed by atoms with E-state index in [1.807, 2.05) is 12.1 Å². The summed E-state index contributed by atoms with van der Waals surface area (Å²) < 4.78 is 1.04. The molecule has 2 nitrogen and oxygen atoms in total. The first-order valence-electron chi connectivity index (χ1n) is 10.8. The standard InChI is InChI=1S/C25H30AsClN2/c1-3-26(4-2)21-12-14-29(15-13-21)18-20-16-24(19-8-6-5-7-9-19)28-25-17-22(27)10-11-23(20)25/h5-11,16-17,21H,3-4,12-15,18H2,1-2H3. The fraction of sp³-hybridized carbons (Fsp3) is 0.400. The van der Waals surface area contributed by atoms with Crippen molar-refractivity contribution in [2.24, 2.45) is 0 Å². The van der Waals surface area contributed by atoms with Gasteiger partial charge in [0.05, 0.1) is 0 Å². The summed E-state index contributed by atoms with van der Waals surface area (Å²) in [5.74, 6) is 0. The van der Waals surface area contributed by atoms with Gasteiger partial charge in [-0.3, -0.25) is 0 Å². The number of nitrogens with zero attached hydrogens (tertiary/aromatic N) is 2. The number of aromatic nitrogens is 1. The third-order valence-electron chi connectivity index (χ3n) is 6.21. The monoisotopic (exact) mass is 468 g/mol. The number of benzene rings is 2. The molecule has 2 aromatic carbocycles. The predicted molar refractivity (Wildman–Crippen MR) is 127 cm³/mol. The molecule has 1 fully saturated rings. The van der Waals surface area contributed by atoms with E-state index in [4.69, 9.17) is 16.6 Å². The third-order valence-corrected chi connectivity index (χ3v) is 13.1. The van der Waals surface area contributed by atoms with E-state index in [2.05, 4.69) is 61.2 Å². The van der Waals surface area contributed by atoms with E-state index in [0.29, 0.717) is 0 Å². The van der Waals surface area contributed by atoms with Crippen molar-refractivity contribution in [1.29, 1.82) is 0 Å². The van der Waals surface area contributed by atoms with Crippen molar-refractivity contribution in [3.8, 4) is 11.3 Å². The molecular formula is C25H30AsClN2. The average molecular weight is 469 g/mol. The number of halogens is 1. The molecule has 1 aliphatic rings. The zero-order chi connectivity index (χ0) is 20.2. The first kappa shape index (κ1) is 20.9. The first-order valence-corrected chi connectivity index (χ1v) is 14.9. The van der Waals surface area contributed by atoms with Gasteiger partial charge in [0.2, 0.25) is 0 Å². The van der Waals surface area contributed by atoms with Gasteiger partial charge >= 0.3 is 185 Å². The van der Waals surface area contributed by atoms with Gasteiger partial charge in [-0.15, -0.1) is 0 Å². The van der Waals surface area contributed by atoms with Crippen LogP contribution in [0, 0.1) is 0 Å². The van der Waals surface area contributed by atoms with E-state index in [9.17, 15) is 0 Å². The second kappa shape index (κ2) is 9.64. The molecule has 0 radical (unpaired) electrons. The Morgan fingerprint density at radius 2 is 1.72 bits per heavy atom. The van der Waals surface area contributed by atoms with Gasteiger partial charge in [-0.25, -0.2) is 0 Å². The fourth-order valence-corrected chi connectivity index (χ4v) is 9.87. The van der Waals surface area contributed by atoms with E-state index in [1.165, 1.54) is 47.3 Å². The summed E-state index contributed by atoms with van der Waals surface area (Å²) in [6, 6.07) is 18.9. The van der Waals surface area contributed by atoms with Crippen LogP contribution in [0.4, 0.5) is 0 Å². The summed E-state index contributed by atoms with van der Waals surface area (Å²) in [5, 5.41) is 4.90. The van der Waals surface area contributed by atoms with E-state index in [1.54, 1.807) is 0 Å². The number of rotatable bonds is 6. The van der Waals surface area contributed by atoms with E-state index in [-0.39, 0.29) is 0 Å². The first-order chi connectivity index (χ1) is 14.2. The molecule has 1 saturated heterocycles. The van der Waals surface area contributed by atoms with Crippen molar-refractivity contribution in [2.45, 2.75) is 48.4 Å². The van der Waals surface area contributed by atoms with Crippen LogP contribution in [0.5, 0.6) is 0 Å². The molecule has 4 heteroatoms. The summed E-state index contributed by atoms with van der Waals surface area (Å²) >= 11 is 5.68. The van der Waals surface area contributed by atoms with Crippen molar-refractivity contribution < 1.29 is 0 Å². The zero-order valence-corrected chi connectivity index (χ0v) is 20.1.